The number of halogens is 2. The smallest absolute Gasteiger partial charge is 0.169 e. The SMILES string of the molecule is COc1cc(-n2nnc(N)c2C2CC2)c(Br)cc1Br. The molecule has 2 N–H and O–H groups in total. The molecule has 1 aliphatic carbocycles. The Labute approximate surface area is 127 Å². The largest absolute Gasteiger partial charge is 0.495 e. The molecule has 3 rings (SSSR count). The van der Waals surface area contributed by atoms with Crippen LogP contribution < -0.4 is 10.5 Å². The lowest BCUT2D eigenvalue weighted by atomic mass is 10.2. The first-order valence-corrected chi connectivity index (χ1v) is 7.45. The number of hydrogen-bond acceptors (Lipinski definition) is 4. The van der Waals surface area contributed by atoms with Gasteiger partial charge in [-0.15, -0.1) is 5.10 Å². The van der Waals surface area contributed by atoms with Crippen LogP contribution in [0.3, 0.4) is 0 Å². The van der Waals surface area contributed by atoms with Crippen LogP contribution in [0.15, 0.2) is 21.1 Å². The second kappa shape index (κ2) is 4.79. The lowest BCUT2D eigenvalue weighted by molar-refractivity contribution is 0.411. The van der Waals surface area contributed by atoms with Crippen LogP contribution in [0, 0.1) is 0 Å². The molecule has 0 spiro atoms. The van der Waals surface area contributed by atoms with Crippen LogP contribution in [0.2, 0.25) is 0 Å². The van der Waals surface area contributed by atoms with Crippen molar-refractivity contribution in [3.8, 4) is 11.4 Å². The van der Waals surface area contributed by atoms with Crippen LogP contribution in [0.5, 0.6) is 5.75 Å². The van der Waals surface area contributed by atoms with E-state index in [1.54, 1.807) is 11.8 Å². The standard InChI is InChI=1S/C12H12Br2N4O/c1-19-10-5-9(7(13)4-8(10)14)18-11(6-2-3-6)12(15)16-17-18/h4-6H,2-3,15H2,1H3. The van der Waals surface area contributed by atoms with E-state index in [1.807, 2.05) is 12.1 Å². The van der Waals surface area contributed by atoms with Crippen molar-refractivity contribution in [2.24, 2.45) is 0 Å². The van der Waals surface area contributed by atoms with Crippen molar-refractivity contribution < 1.29 is 4.74 Å². The van der Waals surface area contributed by atoms with Gasteiger partial charge in [0, 0.05) is 16.5 Å². The third kappa shape index (κ3) is 2.25. The topological polar surface area (TPSA) is 66.0 Å². The molecular weight excluding hydrogens is 376 g/mol. The molecule has 0 amide bonds. The van der Waals surface area contributed by atoms with E-state index in [0.29, 0.717) is 11.7 Å². The maximum Gasteiger partial charge on any atom is 0.169 e. The molecule has 0 radical (unpaired) electrons. The Morgan fingerprint density at radius 2 is 2.05 bits per heavy atom. The van der Waals surface area contributed by atoms with Crippen LogP contribution in [0.1, 0.15) is 24.5 Å². The van der Waals surface area contributed by atoms with E-state index >= 15 is 0 Å². The predicted molar refractivity (Wildman–Crippen MR) is 79.7 cm³/mol. The molecule has 0 atom stereocenters. The average molecular weight is 388 g/mol. The van der Waals surface area contributed by atoms with Crippen LogP contribution in [-0.2, 0) is 0 Å². The molecule has 19 heavy (non-hydrogen) atoms. The van der Waals surface area contributed by atoms with Gasteiger partial charge in [-0.3, -0.25) is 0 Å². The van der Waals surface area contributed by atoms with Crippen molar-refractivity contribution in [2.75, 3.05) is 12.8 Å². The fourth-order valence-electron chi connectivity index (χ4n) is 2.05. The van der Waals surface area contributed by atoms with Crippen LogP contribution in [0.25, 0.3) is 5.69 Å². The number of anilines is 1. The Morgan fingerprint density at radius 3 is 2.68 bits per heavy atom. The number of nitrogens with zero attached hydrogens (tertiary/aromatic N) is 3. The van der Waals surface area contributed by atoms with Crippen molar-refractivity contribution in [1.82, 2.24) is 15.0 Å². The summed E-state index contributed by atoms with van der Waals surface area (Å²) >= 11 is 7.00. The van der Waals surface area contributed by atoms with Gasteiger partial charge in [0.1, 0.15) is 5.75 Å². The molecule has 0 bridgehead atoms. The van der Waals surface area contributed by atoms with Crippen molar-refractivity contribution in [3.05, 3.63) is 26.8 Å². The number of benzene rings is 1. The minimum absolute atomic E-state index is 0.469. The Hall–Kier alpha value is -1.08. The van der Waals surface area contributed by atoms with Crippen molar-refractivity contribution >= 4 is 37.7 Å². The lowest BCUT2D eigenvalue weighted by Crippen LogP contribution is -2.04. The van der Waals surface area contributed by atoms with E-state index in [0.717, 1.165) is 38.9 Å². The van der Waals surface area contributed by atoms with Gasteiger partial charge in [0.25, 0.3) is 0 Å². The first kappa shape index (κ1) is 12.9. The molecule has 1 aromatic carbocycles. The van der Waals surface area contributed by atoms with Gasteiger partial charge in [0.05, 0.1) is 23.0 Å². The Morgan fingerprint density at radius 1 is 1.32 bits per heavy atom. The molecule has 0 aliphatic heterocycles. The van der Waals surface area contributed by atoms with Gasteiger partial charge in [-0.25, -0.2) is 4.68 Å². The molecule has 100 valence electrons. The molecule has 1 saturated carbocycles. The van der Waals surface area contributed by atoms with E-state index < -0.39 is 0 Å². The highest BCUT2D eigenvalue weighted by molar-refractivity contribution is 9.11. The van der Waals surface area contributed by atoms with E-state index in [2.05, 4.69) is 42.2 Å². The highest BCUT2D eigenvalue weighted by Gasteiger charge is 2.31. The summed E-state index contributed by atoms with van der Waals surface area (Å²) in [6, 6.07) is 3.84. The summed E-state index contributed by atoms with van der Waals surface area (Å²) in [5, 5.41) is 8.14. The first-order valence-electron chi connectivity index (χ1n) is 5.86. The van der Waals surface area contributed by atoms with Gasteiger partial charge >= 0.3 is 0 Å². The quantitative estimate of drug-likeness (QED) is 0.877. The Balaban J connectivity index is 2.16. The number of nitrogens with two attached hydrogens (primary N) is 1. The monoisotopic (exact) mass is 386 g/mol. The fraction of sp³-hybridized carbons (Fsp3) is 0.333. The summed E-state index contributed by atoms with van der Waals surface area (Å²) < 4.78 is 8.91. The Bertz CT molecular complexity index is 637. The van der Waals surface area contributed by atoms with Gasteiger partial charge in [-0.2, -0.15) is 0 Å². The maximum absolute atomic E-state index is 5.92. The summed E-state index contributed by atoms with van der Waals surface area (Å²) in [4.78, 5) is 0. The maximum atomic E-state index is 5.92. The zero-order chi connectivity index (χ0) is 13.6. The number of nitrogen functional groups attached to an aromatic ring is 1. The van der Waals surface area contributed by atoms with E-state index in [1.165, 1.54) is 0 Å². The first-order chi connectivity index (χ1) is 9.11. The summed E-state index contributed by atoms with van der Waals surface area (Å²) in [6.45, 7) is 0. The summed E-state index contributed by atoms with van der Waals surface area (Å²) in [7, 11) is 1.63. The number of hydrogen-bond donors (Lipinski definition) is 1. The minimum Gasteiger partial charge on any atom is -0.495 e. The molecule has 7 heteroatoms. The van der Waals surface area contributed by atoms with Gasteiger partial charge < -0.3 is 10.5 Å². The zero-order valence-electron chi connectivity index (χ0n) is 10.2. The van der Waals surface area contributed by atoms with Crippen molar-refractivity contribution in [3.63, 3.8) is 0 Å². The van der Waals surface area contributed by atoms with Gasteiger partial charge in [-0.05, 0) is 50.8 Å². The summed E-state index contributed by atoms with van der Waals surface area (Å²) in [5.74, 6) is 1.72. The highest BCUT2D eigenvalue weighted by atomic mass is 79.9. The number of rotatable bonds is 3. The van der Waals surface area contributed by atoms with E-state index in [4.69, 9.17) is 10.5 Å². The molecule has 1 fully saturated rings. The van der Waals surface area contributed by atoms with E-state index in [9.17, 15) is 0 Å². The fourth-order valence-corrected chi connectivity index (χ4v) is 3.38. The van der Waals surface area contributed by atoms with Crippen molar-refractivity contribution in [1.29, 1.82) is 0 Å². The number of methoxy groups -OCH3 is 1. The van der Waals surface area contributed by atoms with E-state index in [-0.39, 0.29) is 0 Å². The second-order valence-electron chi connectivity index (χ2n) is 4.48. The molecule has 0 saturated heterocycles. The summed E-state index contributed by atoms with van der Waals surface area (Å²) in [5.41, 5.74) is 7.79. The molecule has 2 aromatic rings. The van der Waals surface area contributed by atoms with Crippen molar-refractivity contribution in [2.45, 2.75) is 18.8 Å². The molecule has 0 unspecified atom stereocenters. The van der Waals surface area contributed by atoms with Crippen LogP contribution >= 0.6 is 31.9 Å². The number of ether oxygens (including phenoxy) is 1. The second-order valence-corrected chi connectivity index (χ2v) is 6.19. The molecule has 1 aromatic heterocycles. The normalized spacial score (nSPS) is 14.7. The van der Waals surface area contributed by atoms with Gasteiger partial charge in [-0.1, -0.05) is 5.21 Å². The third-order valence-electron chi connectivity index (χ3n) is 3.15. The highest BCUT2D eigenvalue weighted by Crippen LogP contribution is 2.44. The van der Waals surface area contributed by atoms with Crippen LogP contribution in [0.4, 0.5) is 5.82 Å². The Kier molecular flexibility index (Phi) is 3.26. The minimum atomic E-state index is 0.469. The number of aromatic nitrogens is 3. The lowest BCUT2D eigenvalue weighted by Gasteiger charge is -2.11. The molecule has 1 heterocycles. The molecule has 5 nitrogen and oxygen atoms in total. The van der Waals surface area contributed by atoms with Gasteiger partial charge in [0.15, 0.2) is 5.82 Å². The predicted octanol–water partition coefficient (Wildman–Crippen LogP) is 3.26. The van der Waals surface area contributed by atoms with Crippen LogP contribution in [-0.4, -0.2) is 22.1 Å². The summed E-state index contributed by atoms with van der Waals surface area (Å²) in [6.07, 6.45) is 2.28. The van der Waals surface area contributed by atoms with Gasteiger partial charge in [0.2, 0.25) is 0 Å². The average Bonchev–Trinajstić information content (AvgIpc) is 3.14. The zero-order valence-corrected chi connectivity index (χ0v) is 13.4. The molecule has 1 aliphatic rings. The third-order valence-corrected chi connectivity index (χ3v) is 4.40. The molecular formula is C12H12Br2N4O.